The molecule has 124 valence electrons. The number of fused-ring (bicyclic) bond motifs is 1. The molecule has 0 bridgehead atoms. The summed E-state index contributed by atoms with van der Waals surface area (Å²) in [5.74, 6) is 1.39. The molecule has 1 aromatic carbocycles. The molecule has 0 unspecified atom stereocenters. The van der Waals surface area contributed by atoms with Crippen molar-refractivity contribution >= 4 is 39.9 Å². The molecule has 2 aromatic heterocycles. The van der Waals surface area contributed by atoms with Crippen LogP contribution in [0.15, 0.2) is 45.4 Å². The highest BCUT2D eigenvalue weighted by molar-refractivity contribution is 8.01. The molecule has 2 heterocycles. The van der Waals surface area contributed by atoms with Crippen molar-refractivity contribution in [3.8, 4) is 0 Å². The van der Waals surface area contributed by atoms with E-state index in [0.717, 1.165) is 9.96 Å². The van der Waals surface area contributed by atoms with Crippen molar-refractivity contribution in [3.05, 3.63) is 57.5 Å². The first-order valence-corrected chi connectivity index (χ1v) is 9.34. The standard InChI is InChI=1S/C17H17N3O2S2/c1-3-23-15-9-8-13(24-15)17(22)20(2)10-14-18-12-7-5-4-6-11(12)16(21)19-14/h4-9H,3,10H2,1-2H3,(H,18,19,21). The summed E-state index contributed by atoms with van der Waals surface area (Å²) in [6.45, 7) is 2.34. The van der Waals surface area contributed by atoms with Gasteiger partial charge in [0.15, 0.2) is 0 Å². The summed E-state index contributed by atoms with van der Waals surface area (Å²) < 4.78 is 1.13. The van der Waals surface area contributed by atoms with Gasteiger partial charge in [0.1, 0.15) is 5.82 Å². The van der Waals surface area contributed by atoms with Gasteiger partial charge in [-0.05, 0) is 30.0 Å². The van der Waals surface area contributed by atoms with Crippen LogP contribution in [0.25, 0.3) is 10.9 Å². The minimum absolute atomic E-state index is 0.0706. The topological polar surface area (TPSA) is 66.1 Å². The predicted octanol–water partition coefficient (Wildman–Crippen LogP) is 3.37. The van der Waals surface area contributed by atoms with Crippen LogP contribution >= 0.6 is 23.1 Å². The second-order valence-corrected chi connectivity index (χ2v) is 7.89. The number of thiophene rings is 1. The Balaban J connectivity index is 1.79. The maximum absolute atomic E-state index is 12.5. The molecule has 3 aromatic rings. The summed E-state index contributed by atoms with van der Waals surface area (Å²) >= 11 is 3.21. The van der Waals surface area contributed by atoms with Crippen molar-refractivity contribution in [2.24, 2.45) is 0 Å². The van der Waals surface area contributed by atoms with Gasteiger partial charge in [-0.15, -0.1) is 23.1 Å². The van der Waals surface area contributed by atoms with Gasteiger partial charge in [-0.25, -0.2) is 4.98 Å². The average molecular weight is 359 g/mol. The summed E-state index contributed by atoms with van der Waals surface area (Å²) in [4.78, 5) is 34.1. The molecule has 0 aliphatic carbocycles. The first-order valence-electron chi connectivity index (χ1n) is 7.54. The van der Waals surface area contributed by atoms with E-state index in [1.165, 1.54) is 11.3 Å². The maximum Gasteiger partial charge on any atom is 0.264 e. The summed E-state index contributed by atoms with van der Waals surface area (Å²) in [7, 11) is 1.71. The van der Waals surface area contributed by atoms with Gasteiger partial charge in [-0.3, -0.25) is 9.59 Å². The lowest BCUT2D eigenvalue weighted by molar-refractivity contribution is 0.0786. The predicted molar refractivity (Wildman–Crippen MR) is 98.9 cm³/mol. The Morgan fingerprint density at radius 3 is 2.88 bits per heavy atom. The highest BCUT2D eigenvalue weighted by atomic mass is 32.2. The number of H-pyrrole nitrogens is 1. The Bertz CT molecular complexity index is 933. The van der Waals surface area contributed by atoms with Crippen LogP contribution in [0.5, 0.6) is 0 Å². The Morgan fingerprint density at radius 2 is 2.08 bits per heavy atom. The van der Waals surface area contributed by atoms with Crippen molar-refractivity contribution in [1.29, 1.82) is 0 Å². The molecule has 5 nitrogen and oxygen atoms in total. The van der Waals surface area contributed by atoms with Crippen molar-refractivity contribution in [1.82, 2.24) is 14.9 Å². The summed E-state index contributed by atoms with van der Waals surface area (Å²) in [5, 5.41) is 0.551. The van der Waals surface area contributed by atoms with Crippen LogP contribution in [0.4, 0.5) is 0 Å². The molecule has 0 fully saturated rings. The van der Waals surface area contributed by atoms with E-state index in [-0.39, 0.29) is 18.0 Å². The van der Waals surface area contributed by atoms with E-state index < -0.39 is 0 Å². The van der Waals surface area contributed by atoms with Crippen LogP contribution in [0.1, 0.15) is 22.4 Å². The molecule has 0 saturated carbocycles. The second-order valence-electron chi connectivity index (χ2n) is 5.24. The summed E-state index contributed by atoms with van der Waals surface area (Å²) in [6.07, 6.45) is 0. The first kappa shape index (κ1) is 16.7. The van der Waals surface area contributed by atoms with Crippen LogP contribution in [-0.2, 0) is 6.54 Å². The van der Waals surface area contributed by atoms with E-state index >= 15 is 0 Å². The van der Waals surface area contributed by atoms with Crippen molar-refractivity contribution < 1.29 is 4.79 Å². The number of aromatic amines is 1. The quantitative estimate of drug-likeness (QED) is 0.709. The highest BCUT2D eigenvalue weighted by Crippen LogP contribution is 2.27. The zero-order valence-electron chi connectivity index (χ0n) is 13.4. The van der Waals surface area contributed by atoms with Crippen LogP contribution in [0.2, 0.25) is 0 Å². The molecule has 0 spiro atoms. The SMILES string of the molecule is CCSc1ccc(C(=O)N(C)Cc2nc3ccccc3c(=O)[nH]2)s1. The van der Waals surface area contributed by atoms with Crippen molar-refractivity contribution in [2.45, 2.75) is 17.7 Å². The zero-order valence-corrected chi connectivity index (χ0v) is 15.0. The van der Waals surface area contributed by atoms with Crippen molar-refractivity contribution in [2.75, 3.05) is 12.8 Å². The van der Waals surface area contributed by atoms with Gasteiger partial charge in [0, 0.05) is 7.05 Å². The van der Waals surface area contributed by atoms with E-state index in [1.54, 1.807) is 41.9 Å². The fraction of sp³-hybridized carbons (Fsp3) is 0.235. The lowest BCUT2D eigenvalue weighted by atomic mass is 10.2. The van der Waals surface area contributed by atoms with Gasteiger partial charge < -0.3 is 9.88 Å². The molecule has 24 heavy (non-hydrogen) atoms. The largest absolute Gasteiger partial charge is 0.334 e. The number of carbonyl (C=O) groups is 1. The number of thioether (sulfide) groups is 1. The van der Waals surface area contributed by atoms with Gasteiger partial charge in [0.2, 0.25) is 0 Å². The van der Waals surface area contributed by atoms with Crippen LogP contribution < -0.4 is 5.56 Å². The minimum atomic E-state index is -0.186. The van der Waals surface area contributed by atoms with Gasteiger partial charge in [0.25, 0.3) is 11.5 Å². The fourth-order valence-electron chi connectivity index (χ4n) is 2.35. The molecule has 0 aliphatic rings. The number of aromatic nitrogens is 2. The monoisotopic (exact) mass is 359 g/mol. The molecule has 0 aliphatic heterocycles. The third-order valence-corrected chi connectivity index (χ3v) is 5.65. The van der Waals surface area contributed by atoms with E-state index in [2.05, 4.69) is 16.9 Å². The van der Waals surface area contributed by atoms with Gasteiger partial charge >= 0.3 is 0 Å². The highest BCUT2D eigenvalue weighted by Gasteiger charge is 2.16. The van der Waals surface area contributed by atoms with Gasteiger partial charge in [-0.1, -0.05) is 19.1 Å². The molecule has 0 atom stereocenters. The van der Waals surface area contributed by atoms with Gasteiger partial charge in [-0.2, -0.15) is 0 Å². The van der Waals surface area contributed by atoms with E-state index in [9.17, 15) is 9.59 Å². The Morgan fingerprint density at radius 1 is 1.29 bits per heavy atom. The van der Waals surface area contributed by atoms with Crippen molar-refractivity contribution in [3.63, 3.8) is 0 Å². The van der Waals surface area contributed by atoms with E-state index in [1.807, 2.05) is 18.2 Å². The number of nitrogens with one attached hydrogen (secondary N) is 1. The Labute approximate surface area is 147 Å². The van der Waals surface area contributed by atoms with Crippen LogP contribution in [-0.4, -0.2) is 33.6 Å². The average Bonchev–Trinajstić information content (AvgIpc) is 3.03. The number of para-hydroxylation sites is 1. The second kappa shape index (κ2) is 7.19. The van der Waals surface area contributed by atoms with Crippen LogP contribution in [0.3, 0.4) is 0 Å². The molecule has 7 heteroatoms. The summed E-state index contributed by atoms with van der Waals surface area (Å²) in [5.41, 5.74) is 0.448. The number of carbonyl (C=O) groups excluding carboxylic acids is 1. The fourth-order valence-corrected chi connectivity index (χ4v) is 4.39. The zero-order chi connectivity index (χ0) is 17.1. The number of benzene rings is 1. The Hall–Kier alpha value is -2.12. The number of nitrogens with zero attached hydrogens (tertiary/aromatic N) is 2. The lowest BCUT2D eigenvalue weighted by Gasteiger charge is -2.15. The Kier molecular flexibility index (Phi) is 5.01. The normalized spacial score (nSPS) is 10.9. The molecular weight excluding hydrogens is 342 g/mol. The number of hydrogen-bond donors (Lipinski definition) is 1. The smallest absolute Gasteiger partial charge is 0.264 e. The number of rotatable bonds is 5. The molecule has 1 N–H and O–H groups in total. The minimum Gasteiger partial charge on any atom is -0.334 e. The van der Waals surface area contributed by atoms with E-state index in [0.29, 0.717) is 21.6 Å². The molecule has 3 rings (SSSR count). The van der Waals surface area contributed by atoms with Gasteiger partial charge in [0.05, 0.1) is 26.5 Å². The lowest BCUT2D eigenvalue weighted by Crippen LogP contribution is -2.27. The third-order valence-electron chi connectivity index (χ3n) is 3.47. The molecule has 0 saturated heterocycles. The molecule has 0 radical (unpaired) electrons. The molecule has 1 amide bonds. The maximum atomic E-state index is 12.5. The number of amides is 1. The van der Waals surface area contributed by atoms with Crippen LogP contribution in [0, 0.1) is 0 Å². The third kappa shape index (κ3) is 3.52. The van der Waals surface area contributed by atoms with E-state index in [4.69, 9.17) is 0 Å². The molecular formula is C17H17N3O2S2. The summed E-state index contributed by atoms with van der Waals surface area (Å²) in [6, 6.07) is 11.0. The first-order chi connectivity index (χ1) is 11.6. The number of hydrogen-bond acceptors (Lipinski definition) is 5.